The van der Waals surface area contributed by atoms with E-state index in [-0.39, 0.29) is 36.0 Å². The Bertz CT molecular complexity index is 1520. The lowest BCUT2D eigenvalue weighted by Crippen LogP contribution is -2.30. The van der Waals surface area contributed by atoms with Gasteiger partial charge in [0, 0.05) is 12.6 Å². The van der Waals surface area contributed by atoms with Crippen molar-refractivity contribution in [1.29, 1.82) is 0 Å². The van der Waals surface area contributed by atoms with Crippen molar-refractivity contribution >= 4 is 22.8 Å². The molecule has 2 aromatic heterocycles. The molecular weight excluding hydrogens is 468 g/mol. The first-order valence-corrected chi connectivity index (χ1v) is 11.0. The third-order valence-electron chi connectivity index (χ3n) is 5.52. The van der Waals surface area contributed by atoms with Crippen LogP contribution < -0.4 is 26.1 Å². The van der Waals surface area contributed by atoms with E-state index in [1.807, 2.05) is 0 Å². The number of H-pyrrole nitrogens is 1. The second-order valence-corrected chi connectivity index (χ2v) is 8.00. The number of aromatic nitrogens is 4. The number of benzene rings is 2. The number of phenols is 1. The minimum atomic E-state index is -1.04. The maximum absolute atomic E-state index is 12.7. The summed E-state index contributed by atoms with van der Waals surface area (Å²) in [7, 11) is 3.04. The Morgan fingerprint density at radius 1 is 1.17 bits per heavy atom. The van der Waals surface area contributed by atoms with Crippen LogP contribution in [0.15, 0.2) is 63.2 Å². The van der Waals surface area contributed by atoms with Gasteiger partial charge in [-0.3, -0.25) is 14.3 Å². The number of rotatable bonds is 9. The fourth-order valence-electron chi connectivity index (χ4n) is 3.60. The van der Waals surface area contributed by atoms with Gasteiger partial charge in [0.1, 0.15) is 30.0 Å². The van der Waals surface area contributed by atoms with Gasteiger partial charge >= 0.3 is 5.69 Å². The summed E-state index contributed by atoms with van der Waals surface area (Å²) in [6, 6.07) is 13.6. The predicted molar refractivity (Wildman–Crippen MR) is 134 cm³/mol. The first-order valence-electron chi connectivity index (χ1n) is 11.0. The topological polar surface area (TPSA) is 156 Å². The van der Waals surface area contributed by atoms with Crippen LogP contribution in [0.5, 0.6) is 17.2 Å². The normalized spacial score (nSPS) is 12.5. The molecule has 0 saturated heterocycles. The largest absolute Gasteiger partial charge is 0.507 e. The minimum absolute atomic E-state index is 0.0546. The zero-order valence-corrected chi connectivity index (χ0v) is 19.9. The molecule has 0 fully saturated rings. The maximum atomic E-state index is 12.7. The van der Waals surface area contributed by atoms with Crippen LogP contribution in [-0.2, 0) is 13.6 Å². The molecule has 12 heteroatoms. The molecule has 0 amide bonds. The first-order chi connectivity index (χ1) is 17.3. The first kappa shape index (κ1) is 24.5. The lowest BCUT2D eigenvalue weighted by Gasteiger charge is -2.15. The number of hydrazone groups is 1. The number of hydrogen-bond acceptors (Lipinski definition) is 9. The van der Waals surface area contributed by atoms with Crippen molar-refractivity contribution in [3.63, 3.8) is 0 Å². The fourth-order valence-corrected chi connectivity index (χ4v) is 3.60. The molecule has 0 aliphatic rings. The van der Waals surface area contributed by atoms with Gasteiger partial charge in [-0.1, -0.05) is 12.1 Å². The number of nitrogens with zero attached hydrogens (tertiary/aromatic N) is 4. The molecule has 2 aromatic carbocycles. The highest BCUT2D eigenvalue weighted by Crippen LogP contribution is 2.20. The van der Waals surface area contributed by atoms with E-state index in [2.05, 4.69) is 20.5 Å². The van der Waals surface area contributed by atoms with E-state index in [0.29, 0.717) is 22.8 Å². The summed E-state index contributed by atoms with van der Waals surface area (Å²) in [5.74, 6) is 1.38. The number of anilines is 1. The summed E-state index contributed by atoms with van der Waals surface area (Å²) in [4.78, 5) is 31.4. The summed E-state index contributed by atoms with van der Waals surface area (Å²) in [5, 5.41) is 25.1. The Hall–Kier alpha value is -4.58. The van der Waals surface area contributed by atoms with Crippen LogP contribution in [0.25, 0.3) is 11.2 Å². The third kappa shape index (κ3) is 5.08. The number of para-hydroxylation sites is 1. The number of methoxy groups -OCH3 is 1. The summed E-state index contributed by atoms with van der Waals surface area (Å²) < 4.78 is 13.4. The predicted octanol–water partition coefficient (Wildman–Crippen LogP) is 1.41. The molecule has 4 N–H and O–H groups in total. The SMILES string of the molecule is COc1ccc(OCC(O)Cn2c(NN=C(C)c3ccccc3O)nc3c2c(=O)[nH]c(=O)n3C)cc1. The monoisotopic (exact) mass is 494 g/mol. The summed E-state index contributed by atoms with van der Waals surface area (Å²) in [6.07, 6.45) is -1.04. The number of fused-ring (bicyclic) bond motifs is 1. The standard InChI is InChI=1S/C24H26N6O6/c1-14(18-6-4-5-7-19(18)32)27-28-23-25-21-20(22(33)26-24(34)29(21)2)30(23)12-15(31)13-36-17-10-8-16(35-3)9-11-17/h4-11,15,31-32H,12-13H2,1-3H3,(H,25,28)(H,26,33,34). The molecule has 0 spiro atoms. The van der Waals surface area contributed by atoms with Gasteiger partial charge in [0.25, 0.3) is 5.56 Å². The Labute approximate surface area is 205 Å². The van der Waals surface area contributed by atoms with E-state index >= 15 is 0 Å². The van der Waals surface area contributed by atoms with Crippen LogP contribution in [0, 0.1) is 0 Å². The fraction of sp³-hybridized carbons (Fsp3) is 0.250. The number of aromatic amines is 1. The number of hydrogen-bond donors (Lipinski definition) is 4. The third-order valence-corrected chi connectivity index (χ3v) is 5.52. The van der Waals surface area contributed by atoms with Gasteiger partial charge in [0.15, 0.2) is 11.2 Å². The molecule has 0 aliphatic carbocycles. The zero-order chi connectivity index (χ0) is 25.8. The van der Waals surface area contributed by atoms with Gasteiger partial charge in [0.05, 0.1) is 19.4 Å². The molecule has 1 atom stereocenters. The molecule has 0 bridgehead atoms. The van der Waals surface area contributed by atoms with Gasteiger partial charge in [-0.2, -0.15) is 10.1 Å². The quantitative estimate of drug-likeness (QED) is 0.201. The molecule has 36 heavy (non-hydrogen) atoms. The second kappa shape index (κ2) is 10.4. The molecule has 4 rings (SSSR count). The number of phenolic OH excluding ortho intramolecular Hbond substituents is 1. The van der Waals surface area contributed by atoms with Crippen molar-refractivity contribution < 1.29 is 19.7 Å². The lowest BCUT2D eigenvalue weighted by atomic mass is 10.1. The molecule has 0 aliphatic heterocycles. The van der Waals surface area contributed by atoms with E-state index in [0.717, 1.165) is 0 Å². The molecule has 1 unspecified atom stereocenters. The van der Waals surface area contributed by atoms with Crippen LogP contribution in [0.2, 0.25) is 0 Å². The molecule has 2 heterocycles. The van der Waals surface area contributed by atoms with Crippen LogP contribution in [-0.4, -0.2) is 54.8 Å². The highest BCUT2D eigenvalue weighted by Gasteiger charge is 2.20. The van der Waals surface area contributed by atoms with Gasteiger partial charge in [-0.15, -0.1) is 0 Å². The Morgan fingerprint density at radius 3 is 2.56 bits per heavy atom. The molecule has 0 saturated carbocycles. The van der Waals surface area contributed by atoms with E-state index < -0.39 is 17.4 Å². The van der Waals surface area contributed by atoms with Gasteiger partial charge < -0.3 is 24.3 Å². The lowest BCUT2D eigenvalue weighted by molar-refractivity contribution is 0.0938. The number of nitrogens with one attached hydrogen (secondary N) is 2. The van der Waals surface area contributed by atoms with Crippen LogP contribution in [0.3, 0.4) is 0 Å². The number of aryl methyl sites for hydroxylation is 1. The van der Waals surface area contributed by atoms with Crippen molar-refractivity contribution in [2.45, 2.75) is 19.6 Å². The Morgan fingerprint density at radius 2 is 1.86 bits per heavy atom. The molecule has 4 aromatic rings. The van der Waals surface area contributed by atoms with Crippen molar-refractivity contribution in [2.75, 3.05) is 19.1 Å². The zero-order valence-electron chi connectivity index (χ0n) is 19.9. The van der Waals surface area contributed by atoms with Crippen molar-refractivity contribution in [3.05, 3.63) is 74.9 Å². The highest BCUT2D eigenvalue weighted by molar-refractivity contribution is 6.01. The molecule has 0 radical (unpaired) electrons. The average molecular weight is 495 g/mol. The minimum Gasteiger partial charge on any atom is -0.507 e. The smallest absolute Gasteiger partial charge is 0.329 e. The average Bonchev–Trinajstić information content (AvgIpc) is 3.23. The summed E-state index contributed by atoms with van der Waals surface area (Å²) in [6.45, 7) is 1.53. The number of imidazole rings is 1. The van der Waals surface area contributed by atoms with Crippen LogP contribution in [0.4, 0.5) is 5.95 Å². The van der Waals surface area contributed by atoms with Gasteiger partial charge in [-0.05, 0) is 43.3 Å². The van der Waals surface area contributed by atoms with E-state index in [1.165, 1.54) is 22.2 Å². The van der Waals surface area contributed by atoms with E-state index in [4.69, 9.17) is 9.47 Å². The number of aliphatic hydroxyl groups excluding tert-OH is 1. The number of aromatic hydroxyl groups is 1. The van der Waals surface area contributed by atoms with Crippen LogP contribution >= 0.6 is 0 Å². The number of ether oxygens (including phenoxy) is 2. The second-order valence-electron chi connectivity index (χ2n) is 8.00. The molecule has 188 valence electrons. The Kier molecular flexibility index (Phi) is 7.06. The van der Waals surface area contributed by atoms with E-state index in [9.17, 15) is 19.8 Å². The van der Waals surface area contributed by atoms with E-state index in [1.54, 1.807) is 56.5 Å². The van der Waals surface area contributed by atoms with Crippen molar-refractivity contribution in [3.8, 4) is 17.2 Å². The summed E-state index contributed by atoms with van der Waals surface area (Å²) >= 11 is 0. The number of aliphatic hydroxyl groups is 1. The highest BCUT2D eigenvalue weighted by atomic mass is 16.5. The van der Waals surface area contributed by atoms with Crippen LogP contribution in [0.1, 0.15) is 12.5 Å². The van der Waals surface area contributed by atoms with Gasteiger partial charge in [0.2, 0.25) is 5.95 Å². The van der Waals surface area contributed by atoms with Gasteiger partial charge in [-0.25, -0.2) is 10.2 Å². The van der Waals surface area contributed by atoms with Crippen molar-refractivity contribution in [2.24, 2.45) is 12.1 Å². The molecule has 12 nitrogen and oxygen atoms in total. The maximum Gasteiger partial charge on any atom is 0.329 e. The Balaban J connectivity index is 1.63. The van der Waals surface area contributed by atoms with Crippen molar-refractivity contribution in [1.82, 2.24) is 19.1 Å². The molecular formula is C24H26N6O6. The summed E-state index contributed by atoms with van der Waals surface area (Å²) in [5.41, 5.74) is 2.67.